The highest BCUT2D eigenvalue weighted by molar-refractivity contribution is 7.98. The number of thioether (sulfide) groups is 1. The zero-order valence-corrected chi connectivity index (χ0v) is 27.3. The molecule has 3 aromatic carbocycles. The van der Waals surface area contributed by atoms with Crippen LogP contribution in [0.2, 0.25) is 0 Å². The predicted octanol–water partition coefficient (Wildman–Crippen LogP) is 7.56. The summed E-state index contributed by atoms with van der Waals surface area (Å²) in [7, 11) is 0. The zero-order valence-electron chi connectivity index (χ0n) is 26.5. The first-order valence-electron chi connectivity index (χ1n) is 15.2. The first kappa shape index (κ1) is 34.5. The number of terminal acetylenes is 1. The molecule has 7 nitrogen and oxygen atoms in total. The number of hydrogen-bond donors (Lipinski definition) is 2. The number of alkyl carbamates (subject to hydrolysis) is 1. The fraction of sp³-hybridized carbons (Fsp3) is 0.417. The van der Waals surface area contributed by atoms with Crippen molar-refractivity contribution in [1.82, 2.24) is 10.2 Å². The van der Waals surface area contributed by atoms with Gasteiger partial charge in [0.1, 0.15) is 17.7 Å². The molecule has 0 radical (unpaired) electrons. The molecule has 2 atom stereocenters. The normalized spacial score (nSPS) is 12.5. The number of benzene rings is 3. The quantitative estimate of drug-likeness (QED) is 0.144. The summed E-state index contributed by atoms with van der Waals surface area (Å²) in [6, 6.07) is 19.0. The van der Waals surface area contributed by atoms with Gasteiger partial charge in [0, 0.05) is 17.8 Å². The Balaban J connectivity index is 2.03. The number of hydrogen-bond acceptors (Lipinski definition) is 5. The van der Waals surface area contributed by atoms with E-state index in [1.165, 1.54) is 0 Å². The van der Waals surface area contributed by atoms with Crippen LogP contribution in [0.15, 0.2) is 66.7 Å². The van der Waals surface area contributed by atoms with E-state index in [0.29, 0.717) is 42.0 Å². The van der Waals surface area contributed by atoms with Crippen molar-refractivity contribution in [2.24, 2.45) is 0 Å². The summed E-state index contributed by atoms with van der Waals surface area (Å²) in [5.41, 5.74) is 1.21. The maximum atomic E-state index is 14.4. The number of nitrogens with zero attached hydrogens (tertiary/aromatic N) is 1. The van der Waals surface area contributed by atoms with E-state index in [4.69, 9.17) is 11.2 Å². The van der Waals surface area contributed by atoms with Gasteiger partial charge in [0.25, 0.3) is 5.91 Å². The first-order valence-corrected chi connectivity index (χ1v) is 16.6. The van der Waals surface area contributed by atoms with Crippen LogP contribution in [0.5, 0.6) is 0 Å². The van der Waals surface area contributed by atoms with Gasteiger partial charge in [-0.2, -0.15) is 11.8 Å². The van der Waals surface area contributed by atoms with Crippen molar-refractivity contribution in [2.75, 3.05) is 23.9 Å². The smallest absolute Gasteiger partial charge is 0.408 e. The topological polar surface area (TPSA) is 87.7 Å². The molecule has 2 unspecified atom stereocenters. The summed E-state index contributed by atoms with van der Waals surface area (Å²) in [5, 5.41) is 7.91. The van der Waals surface area contributed by atoms with Gasteiger partial charge in [0.2, 0.25) is 5.91 Å². The number of carbonyl (C=O) groups is 3. The number of anilines is 1. The first-order chi connectivity index (χ1) is 21.1. The number of carbonyl (C=O) groups excluding carboxylic acids is 3. The fourth-order valence-electron chi connectivity index (χ4n) is 4.93. The Morgan fingerprint density at radius 1 is 0.977 bits per heavy atom. The Hall–Kier alpha value is -3.96. The van der Waals surface area contributed by atoms with Crippen molar-refractivity contribution < 1.29 is 19.1 Å². The van der Waals surface area contributed by atoms with Crippen LogP contribution in [0.25, 0.3) is 10.8 Å². The van der Waals surface area contributed by atoms with Crippen LogP contribution in [0.1, 0.15) is 77.0 Å². The van der Waals surface area contributed by atoms with Crippen LogP contribution >= 0.6 is 11.8 Å². The summed E-state index contributed by atoms with van der Waals surface area (Å²) in [5.74, 6) is 2.57. The van der Waals surface area contributed by atoms with Crippen LogP contribution in [-0.4, -0.2) is 53.0 Å². The highest BCUT2D eigenvalue weighted by atomic mass is 32.2. The SMILES string of the molecule is C#Cc1ccc(C(C(=O)Nc2ccc3ccccc3c2)N(CCCCCC)C(=O)C(CCSC)NC(=O)OC(C)(C)C)cc1. The minimum Gasteiger partial charge on any atom is -0.444 e. The standard InChI is InChI=1S/C36H45N3O4S/c1-7-9-10-13-23-39(34(41)31(22-24-44-6)38-35(42)43-36(3,4)5)32(28-18-16-26(8-2)17-19-28)33(40)37-30-21-20-27-14-11-12-15-29(27)25-30/h2,11-12,14-21,25,31-32H,7,9-10,13,22-24H2,1,3-6H3,(H,37,40)(H,38,42). The molecule has 0 aliphatic rings. The Morgan fingerprint density at radius 2 is 1.68 bits per heavy atom. The number of amides is 3. The van der Waals surface area contributed by atoms with E-state index in [-0.39, 0.29) is 11.8 Å². The summed E-state index contributed by atoms with van der Waals surface area (Å²) in [6.07, 6.45) is 10.9. The second-order valence-corrected chi connectivity index (χ2v) is 12.8. The molecule has 8 heteroatoms. The summed E-state index contributed by atoms with van der Waals surface area (Å²) in [4.78, 5) is 43.1. The number of nitrogens with one attached hydrogen (secondary N) is 2. The Bertz CT molecular complexity index is 1440. The molecule has 0 aliphatic carbocycles. The molecule has 234 valence electrons. The van der Waals surface area contributed by atoms with Gasteiger partial charge >= 0.3 is 6.09 Å². The number of fused-ring (bicyclic) bond motifs is 1. The van der Waals surface area contributed by atoms with Gasteiger partial charge in [0.15, 0.2) is 0 Å². The minimum atomic E-state index is -0.959. The van der Waals surface area contributed by atoms with Crippen LogP contribution in [-0.2, 0) is 14.3 Å². The van der Waals surface area contributed by atoms with Crippen molar-refractivity contribution in [1.29, 1.82) is 0 Å². The third-order valence-electron chi connectivity index (χ3n) is 7.11. The highest BCUT2D eigenvalue weighted by Crippen LogP contribution is 2.27. The maximum absolute atomic E-state index is 14.4. The molecule has 44 heavy (non-hydrogen) atoms. The molecule has 0 heterocycles. The van der Waals surface area contributed by atoms with Gasteiger partial charge < -0.3 is 20.3 Å². The van der Waals surface area contributed by atoms with Gasteiger partial charge in [-0.15, -0.1) is 6.42 Å². The maximum Gasteiger partial charge on any atom is 0.408 e. The highest BCUT2D eigenvalue weighted by Gasteiger charge is 2.36. The fourth-order valence-corrected chi connectivity index (χ4v) is 5.40. The predicted molar refractivity (Wildman–Crippen MR) is 182 cm³/mol. The lowest BCUT2D eigenvalue weighted by Crippen LogP contribution is -2.52. The molecular weight excluding hydrogens is 570 g/mol. The van der Waals surface area contributed by atoms with E-state index in [0.717, 1.165) is 30.0 Å². The molecule has 0 fully saturated rings. The Labute approximate surface area is 266 Å². The second kappa shape index (κ2) is 16.8. The lowest BCUT2D eigenvalue weighted by molar-refractivity contribution is -0.141. The second-order valence-electron chi connectivity index (χ2n) is 11.8. The third-order valence-corrected chi connectivity index (χ3v) is 7.75. The molecule has 0 spiro atoms. The average molecular weight is 616 g/mol. The van der Waals surface area contributed by atoms with E-state index in [2.05, 4.69) is 23.5 Å². The Morgan fingerprint density at radius 3 is 2.32 bits per heavy atom. The molecule has 0 saturated carbocycles. The molecular formula is C36H45N3O4S. The minimum absolute atomic E-state index is 0.332. The lowest BCUT2D eigenvalue weighted by Gasteiger charge is -2.34. The van der Waals surface area contributed by atoms with Crippen molar-refractivity contribution >= 4 is 46.1 Å². The van der Waals surface area contributed by atoms with Crippen LogP contribution in [0, 0.1) is 12.3 Å². The van der Waals surface area contributed by atoms with Crippen molar-refractivity contribution in [3.05, 3.63) is 77.9 Å². The van der Waals surface area contributed by atoms with Crippen LogP contribution in [0.3, 0.4) is 0 Å². The van der Waals surface area contributed by atoms with Gasteiger partial charge in [-0.3, -0.25) is 9.59 Å². The van der Waals surface area contributed by atoms with Crippen molar-refractivity contribution in [3.8, 4) is 12.3 Å². The summed E-state index contributed by atoms with van der Waals surface area (Å²) < 4.78 is 5.50. The molecule has 2 N–H and O–H groups in total. The monoisotopic (exact) mass is 615 g/mol. The van der Waals surface area contributed by atoms with E-state index in [1.54, 1.807) is 61.7 Å². The molecule has 0 bridgehead atoms. The van der Waals surface area contributed by atoms with Crippen molar-refractivity contribution in [2.45, 2.75) is 77.5 Å². The summed E-state index contributed by atoms with van der Waals surface area (Å²) >= 11 is 1.58. The molecule has 3 aromatic rings. The molecule has 3 rings (SSSR count). The Kier molecular flexibility index (Phi) is 13.2. The number of unbranched alkanes of at least 4 members (excludes halogenated alkanes) is 3. The molecule has 0 saturated heterocycles. The zero-order chi connectivity index (χ0) is 32.1. The van der Waals surface area contributed by atoms with E-state index < -0.39 is 23.8 Å². The van der Waals surface area contributed by atoms with Gasteiger partial charge in [0.05, 0.1) is 0 Å². The number of ether oxygens (including phenoxy) is 1. The average Bonchev–Trinajstić information content (AvgIpc) is 2.99. The van der Waals surface area contributed by atoms with E-state index in [9.17, 15) is 14.4 Å². The van der Waals surface area contributed by atoms with Gasteiger partial charge in [-0.1, -0.05) is 74.6 Å². The van der Waals surface area contributed by atoms with Crippen LogP contribution in [0.4, 0.5) is 10.5 Å². The van der Waals surface area contributed by atoms with E-state index >= 15 is 0 Å². The summed E-state index contributed by atoms with van der Waals surface area (Å²) in [6.45, 7) is 7.80. The molecule has 0 aromatic heterocycles. The van der Waals surface area contributed by atoms with E-state index in [1.807, 2.05) is 48.7 Å². The molecule has 3 amide bonds. The lowest BCUT2D eigenvalue weighted by atomic mass is 10.00. The van der Waals surface area contributed by atoms with Crippen LogP contribution < -0.4 is 10.6 Å². The van der Waals surface area contributed by atoms with Gasteiger partial charge in [-0.25, -0.2) is 4.79 Å². The van der Waals surface area contributed by atoms with Gasteiger partial charge in [-0.05, 0) is 86.2 Å². The largest absolute Gasteiger partial charge is 0.444 e. The third kappa shape index (κ3) is 10.3. The number of rotatable bonds is 14. The van der Waals surface area contributed by atoms with Crippen molar-refractivity contribution in [3.63, 3.8) is 0 Å². The molecule has 0 aliphatic heterocycles.